The van der Waals surface area contributed by atoms with Crippen molar-refractivity contribution in [2.45, 2.75) is 25.5 Å². The van der Waals surface area contributed by atoms with Crippen molar-refractivity contribution in [2.24, 2.45) is 5.92 Å². The van der Waals surface area contributed by atoms with Gasteiger partial charge in [0, 0.05) is 12.5 Å². The molecule has 1 aliphatic rings. The van der Waals surface area contributed by atoms with Gasteiger partial charge >= 0.3 is 17.9 Å². The van der Waals surface area contributed by atoms with Crippen molar-refractivity contribution < 1.29 is 34.4 Å². The lowest BCUT2D eigenvalue weighted by Crippen LogP contribution is -2.38. The van der Waals surface area contributed by atoms with Gasteiger partial charge in [-0.1, -0.05) is 11.6 Å². The molecule has 1 heterocycles. The van der Waals surface area contributed by atoms with Crippen LogP contribution in [0.4, 0.5) is 0 Å². The van der Waals surface area contributed by atoms with Crippen LogP contribution in [0.2, 0.25) is 0 Å². The molecule has 1 fully saturated rings. The number of ether oxygens (including phenoxy) is 1. The number of rotatable bonds is 6. The number of benzene rings is 1. The van der Waals surface area contributed by atoms with Crippen molar-refractivity contribution in [3.05, 3.63) is 29.3 Å². The first kappa shape index (κ1) is 16.8. The molecule has 0 amide bonds. The highest BCUT2D eigenvalue weighted by Gasteiger charge is 2.43. The minimum atomic E-state index is -1.17. The van der Waals surface area contributed by atoms with Crippen LogP contribution in [0.5, 0.6) is 5.75 Å². The Balaban J connectivity index is 2.26. The van der Waals surface area contributed by atoms with Gasteiger partial charge < -0.3 is 25.4 Å². The van der Waals surface area contributed by atoms with E-state index >= 15 is 0 Å². The van der Waals surface area contributed by atoms with Crippen molar-refractivity contribution >= 4 is 17.9 Å². The predicted octanol–water partition coefficient (Wildman–Crippen LogP) is 0.588. The van der Waals surface area contributed by atoms with Crippen molar-refractivity contribution in [2.75, 3.05) is 6.54 Å². The quantitative estimate of drug-likeness (QED) is 0.598. The second kappa shape index (κ2) is 6.66. The van der Waals surface area contributed by atoms with Crippen LogP contribution in [0.15, 0.2) is 18.2 Å². The molecule has 0 radical (unpaired) electrons. The third-order valence-corrected chi connectivity index (χ3v) is 3.76. The molecule has 0 spiro atoms. The van der Waals surface area contributed by atoms with Crippen LogP contribution in [-0.2, 0) is 9.59 Å². The van der Waals surface area contributed by atoms with Crippen molar-refractivity contribution in [1.29, 1.82) is 0 Å². The van der Waals surface area contributed by atoms with E-state index < -0.39 is 36.0 Å². The fourth-order valence-corrected chi connectivity index (χ4v) is 2.69. The van der Waals surface area contributed by atoms with Crippen LogP contribution in [-0.4, -0.2) is 51.9 Å². The summed E-state index contributed by atoms with van der Waals surface area (Å²) in [6, 6.07) is 3.56. The van der Waals surface area contributed by atoms with Gasteiger partial charge in [0.15, 0.2) is 0 Å². The molecule has 1 aromatic rings. The summed E-state index contributed by atoms with van der Waals surface area (Å²) in [5.41, 5.74) is 0.697. The zero-order valence-electron chi connectivity index (χ0n) is 12.4. The second-order valence-corrected chi connectivity index (χ2v) is 5.45. The van der Waals surface area contributed by atoms with Gasteiger partial charge in [0.05, 0.1) is 6.42 Å². The van der Waals surface area contributed by atoms with E-state index in [1.54, 1.807) is 13.0 Å². The lowest BCUT2D eigenvalue weighted by Gasteiger charge is -2.22. The average molecular weight is 323 g/mol. The monoisotopic (exact) mass is 323 g/mol. The van der Waals surface area contributed by atoms with E-state index in [1.165, 1.54) is 12.1 Å². The normalized spacial score (nSPS) is 23.4. The minimum Gasteiger partial charge on any atom is -0.488 e. The molecule has 1 aliphatic heterocycles. The number of nitrogens with one attached hydrogen (secondary N) is 1. The molecule has 0 aliphatic carbocycles. The number of carboxylic acids is 3. The lowest BCUT2D eigenvalue weighted by molar-refractivity contribution is -0.142. The summed E-state index contributed by atoms with van der Waals surface area (Å²) >= 11 is 0. The molecular formula is C15H17NO7. The van der Waals surface area contributed by atoms with Crippen molar-refractivity contribution in [3.8, 4) is 5.75 Å². The van der Waals surface area contributed by atoms with Gasteiger partial charge in [0.25, 0.3) is 0 Å². The summed E-state index contributed by atoms with van der Waals surface area (Å²) in [5, 5.41) is 30.1. The molecule has 3 atom stereocenters. The number of hydrogen-bond acceptors (Lipinski definition) is 5. The van der Waals surface area contributed by atoms with Crippen LogP contribution in [0.3, 0.4) is 0 Å². The van der Waals surface area contributed by atoms with E-state index in [4.69, 9.17) is 14.9 Å². The zero-order valence-corrected chi connectivity index (χ0v) is 12.4. The van der Waals surface area contributed by atoms with Gasteiger partial charge in [0.1, 0.15) is 23.5 Å². The first-order valence-corrected chi connectivity index (χ1v) is 6.98. The first-order valence-electron chi connectivity index (χ1n) is 6.98. The number of hydrogen-bond donors (Lipinski definition) is 4. The molecule has 2 rings (SSSR count). The van der Waals surface area contributed by atoms with E-state index in [1.807, 2.05) is 0 Å². The van der Waals surface area contributed by atoms with Crippen LogP contribution in [0.1, 0.15) is 22.3 Å². The Hall–Kier alpha value is -2.61. The van der Waals surface area contributed by atoms with Gasteiger partial charge in [-0.2, -0.15) is 0 Å². The van der Waals surface area contributed by atoms with E-state index in [-0.39, 0.29) is 24.3 Å². The fraction of sp³-hybridized carbons (Fsp3) is 0.400. The first-order chi connectivity index (χ1) is 10.8. The van der Waals surface area contributed by atoms with Crippen LogP contribution in [0.25, 0.3) is 0 Å². The van der Waals surface area contributed by atoms with Crippen molar-refractivity contribution in [1.82, 2.24) is 5.32 Å². The molecule has 0 saturated carbocycles. The summed E-state index contributed by atoms with van der Waals surface area (Å²) in [4.78, 5) is 33.5. The van der Waals surface area contributed by atoms with Crippen molar-refractivity contribution in [3.63, 3.8) is 0 Å². The van der Waals surface area contributed by atoms with E-state index in [0.29, 0.717) is 0 Å². The Morgan fingerprint density at radius 3 is 2.52 bits per heavy atom. The third-order valence-electron chi connectivity index (χ3n) is 3.76. The van der Waals surface area contributed by atoms with Crippen LogP contribution >= 0.6 is 0 Å². The molecule has 1 aromatic carbocycles. The molecule has 0 unspecified atom stereocenters. The topological polar surface area (TPSA) is 133 Å². The summed E-state index contributed by atoms with van der Waals surface area (Å²) < 4.78 is 5.65. The van der Waals surface area contributed by atoms with Crippen LogP contribution < -0.4 is 10.1 Å². The second-order valence-electron chi connectivity index (χ2n) is 5.45. The maximum Gasteiger partial charge on any atom is 0.339 e. The number of carbonyl (C=O) groups is 3. The highest BCUT2D eigenvalue weighted by molar-refractivity contribution is 5.91. The SMILES string of the molecule is Cc1ccc(O[C@@H]2CN[C@H](C(=O)O)[C@H]2CC(=O)O)c(C(=O)O)c1. The Labute approximate surface area is 131 Å². The molecule has 0 bridgehead atoms. The number of aromatic carboxylic acids is 1. The predicted molar refractivity (Wildman–Crippen MR) is 77.7 cm³/mol. The Kier molecular flexibility index (Phi) is 4.85. The van der Waals surface area contributed by atoms with E-state index in [2.05, 4.69) is 5.32 Å². The molecule has 8 nitrogen and oxygen atoms in total. The molecule has 23 heavy (non-hydrogen) atoms. The van der Waals surface area contributed by atoms with Gasteiger partial charge in [-0.25, -0.2) is 4.79 Å². The summed E-state index contributed by atoms with van der Waals surface area (Å²) in [5.74, 6) is -4.17. The minimum absolute atomic E-state index is 0.0437. The van der Waals surface area contributed by atoms with E-state index in [0.717, 1.165) is 5.56 Å². The summed E-state index contributed by atoms with van der Waals surface area (Å²) in [6.07, 6.45) is -1.13. The maximum absolute atomic E-state index is 11.3. The molecule has 4 N–H and O–H groups in total. The summed E-state index contributed by atoms with van der Waals surface area (Å²) in [6.45, 7) is 1.86. The maximum atomic E-state index is 11.3. The Morgan fingerprint density at radius 1 is 1.26 bits per heavy atom. The summed E-state index contributed by atoms with van der Waals surface area (Å²) in [7, 11) is 0. The average Bonchev–Trinajstić information content (AvgIpc) is 2.83. The third kappa shape index (κ3) is 3.78. The van der Waals surface area contributed by atoms with Gasteiger partial charge in [0.2, 0.25) is 0 Å². The Morgan fingerprint density at radius 2 is 1.96 bits per heavy atom. The number of aryl methyl sites for hydroxylation is 1. The molecule has 1 saturated heterocycles. The van der Waals surface area contributed by atoms with Crippen LogP contribution in [0, 0.1) is 12.8 Å². The largest absolute Gasteiger partial charge is 0.488 e. The number of carboxylic acid groups (broad SMARTS) is 3. The Bertz CT molecular complexity index is 643. The molecule has 0 aromatic heterocycles. The number of aliphatic carboxylic acids is 2. The molecule has 124 valence electrons. The van der Waals surface area contributed by atoms with Gasteiger partial charge in [-0.3, -0.25) is 9.59 Å². The molecule has 8 heteroatoms. The lowest BCUT2D eigenvalue weighted by atomic mass is 9.94. The molecular weight excluding hydrogens is 306 g/mol. The standard InChI is InChI=1S/C15H17NO7/c1-7-2-3-10(9(4-7)14(19)20)23-11-6-16-13(15(21)22)8(11)5-12(17)18/h2-4,8,11,13,16H,5-6H2,1H3,(H,17,18)(H,19,20)(H,21,22)/t8-,11+,13-/m0/s1. The smallest absolute Gasteiger partial charge is 0.339 e. The van der Waals surface area contributed by atoms with Gasteiger partial charge in [-0.15, -0.1) is 0 Å². The highest BCUT2D eigenvalue weighted by Crippen LogP contribution is 2.28. The fourth-order valence-electron chi connectivity index (χ4n) is 2.69. The van der Waals surface area contributed by atoms with Gasteiger partial charge in [-0.05, 0) is 19.1 Å². The highest BCUT2D eigenvalue weighted by atomic mass is 16.5. The van der Waals surface area contributed by atoms with E-state index in [9.17, 15) is 19.5 Å². The zero-order chi connectivity index (χ0) is 17.1.